The van der Waals surface area contributed by atoms with Gasteiger partial charge in [-0.15, -0.1) is 0 Å². The van der Waals surface area contributed by atoms with E-state index in [1.807, 2.05) is 32.7 Å². The Morgan fingerprint density at radius 3 is 2.32 bits per heavy atom. The first kappa shape index (κ1) is 14.6. The van der Waals surface area contributed by atoms with Crippen LogP contribution in [0.25, 0.3) is 0 Å². The fourth-order valence-electron chi connectivity index (χ4n) is 3.06. The monoisotopic (exact) mass is 269 g/mol. The first-order valence-electron chi connectivity index (χ1n) is 7.24. The molecule has 2 rings (SSSR count). The zero-order chi connectivity index (χ0) is 14.1. The molecule has 0 aromatic rings. The Kier molecular flexibility index (Phi) is 4.06. The van der Waals surface area contributed by atoms with Crippen LogP contribution in [0.2, 0.25) is 0 Å². The Morgan fingerprint density at radius 2 is 1.84 bits per heavy atom. The third kappa shape index (κ3) is 3.20. The summed E-state index contributed by atoms with van der Waals surface area (Å²) < 4.78 is 5.42. The number of likely N-dealkylation sites (N-methyl/N-ethyl adjacent to an activating group) is 1. The van der Waals surface area contributed by atoms with Crippen LogP contribution in [0.5, 0.6) is 0 Å². The summed E-state index contributed by atoms with van der Waals surface area (Å²) in [7, 11) is 1.98. The number of hydrogen-bond acceptors (Lipinski definition) is 4. The van der Waals surface area contributed by atoms with Crippen molar-refractivity contribution in [1.29, 1.82) is 0 Å². The Balaban J connectivity index is 1.92. The van der Waals surface area contributed by atoms with Crippen LogP contribution in [-0.4, -0.2) is 66.8 Å². The summed E-state index contributed by atoms with van der Waals surface area (Å²) in [6, 6.07) is 0. The summed E-state index contributed by atoms with van der Waals surface area (Å²) in [6.07, 6.45) is 2.37. The molecule has 19 heavy (non-hydrogen) atoms. The molecule has 1 N–H and O–H groups in total. The van der Waals surface area contributed by atoms with Gasteiger partial charge in [0.1, 0.15) is 5.60 Å². The molecule has 2 heterocycles. The molecule has 0 bridgehead atoms. The van der Waals surface area contributed by atoms with E-state index in [9.17, 15) is 4.79 Å². The maximum Gasteiger partial charge on any atom is 0.410 e. The molecule has 110 valence electrons. The Labute approximate surface area is 116 Å². The van der Waals surface area contributed by atoms with E-state index >= 15 is 0 Å². The lowest BCUT2D eigenvalue weighted by Gasteiger charge is -2.54. The van der Waals surface area contributed by atoms with Crippen molar-refractivity contribution in [2.75, 3.05) is 39.8 Å². The summed E-state index contributed by atoms with van der Waals surface area (Å²) in [5.74, 6) is 0. The van der Waals surface area contributed by atoms with E-state index in [0.29, 0.717) is 0 Å². The van der Waals surface area contributed by atoms with Crippen LogP contribution in [0.4, 0.5) is 4.79 Å². The highest BCUT2D eigenvalue weighted by molar-refractivity contribution is 5.69. The van der Waals surface area contributed by atoms with Gasteiger partial charge in [-0.25, -0.2) is 4.79 Å². The number of amides is 1. The van der Waals surface area contributed by atoms with Crippen LogP contribution in [0.15, 0.2) is 0 Å². The number of ether oxygens (including phenoxy) is 1. The summed E-state index contributed by atoms with van der Waals surface area (Å²) in [5.41, 5.74) is -0.284. The molecule has 1 amide bonds. The predicted octanol–water partition coefficient (Wildman–Crippen LogP) is 1.29. The van der Waals surface area contributed by atoms with Crippen molar-refractivity contribution in [3.63, 3.8) is 0 Å². The molecule has 2 aliphatic rings. The van der Waals surface area contributed by atoms with Crippen LogP contribution in [-0.2, 0) is 4.74 Å². The van der Waals surface area contributed by atoms with Gasteiger partial charge in [-0.05, 0) is 53.8 Å². The van der Waals surface area contributed by atoms with E-state index in [4.69, 9.17) is 4.74 Å². The number of likely N-dealkylation sites (tertiary alicyclic amines) is 2. The van der Waals surface area contributed by atoms with Gasteiger partial charge in [0.05, 0.1) is 5.54 Å². The maximum atomic E-state index is 12.0. The first-order valence-corrected chi connectivity index (χ1v) is 7.24. The lowest BCUT2D eigenvalue weighted by Crippen LogP contribution is -2.74. The first-order chi connectivity index (χ1) is 8.86. The van der Waals surface area contributed by atoms with Gasteiger partial charge in [0.15, 0.2) is 0 Å². The molecule has 0 aromatic carbocycles. The summed E-state index contributed by atoms with van der Waals surface area (Å²) >= 11 is 0. The minimum absolute atomic E-state index is 0.127. The summed E-state index contributed by atoms with van der Waals surface area (Å²) in [6.45, 7) is 10.5. The van der Waals surface area contributed by atoms with Crippen LogP contribution < -0.4 is 5.32 Å². The molecule has 0 aliphatic carbocycles. The van der Waals surface area contributed by atoms with Gasteiger partial charge in [-0.3, -0.25) is 4.90 Å². The zero-order valence-electron chi connectivity index (χ0n) is 12.7. The van der Waals surface area contributed by atoms with Gasteiger partial charge in [0, 0.05) is 19.6 Å². The van der Waals surface area contributed by atoms with Gasteiger partial charge in [-0.2, -0.15) is 0 Å². The average molecular weight is 269 g/mol. The van der Waals surface area contributed by atoms with Crippen molar-refractivity contribution in [2.24, 2.45) is 0 Å². The number of hydrogen-bond donors (Lipinski definition) is 1. The van der Waals surface area contributed by atoms with E-state index in [-0.39, 0.29) is 11.6 Å². The molecule has 0 radical (unpaired) electrons. The van der Waals surface area contributed by atoms with E-state index in [2.05, 4.69) is 10.2 Å². The summed E-state index contributed by atoms with van der Waals surface area (Å²) in [4.78, 5) is 16.4. The van der Waals surface area contributed by atoms with Gasteiger partial charge in [0.25, 0.3) is 0 Å². The van der Waals surface area contributed by atoms with Crippen molar-refractivity contribution in [3.8, 4) is 0 Å². The highest BCUT2D eigenvalue weighted by Crippen LogP contribution is 2.31. The highest BCUT2D eigenvalue weighted by Gasteiger charge is 2.50. The molecule has 0 spiro atoms. The average Bonchev–Trinajstić information content (AvgIpc) is 2.73. The van der Waals surface area contributed by atoms with Crippen LogP contribution in [0, 0.1) is 0 Å². The molecule has 2 aliphatic heterocycles. The van der Waals surface area contributed by atoms with Gasteiger partial charge >= 0.3 is 6.09 Å². The number of carbonyl (C=O) groups excluding carboxylic acids is 1. The topological polar surface area (TPSA) is 44.8 Å². The van der Waals surface area contributed by atoms with Gasteiger partial charge in [0.2, 0.25) is 0 Å². The molecule has 2 saturated heterocycles. The number of rotatable bonds is 3. The van der Waals surface area contributed by atoms with Crippen LogP contribution in [0.1, 0.15) is 33.6 Å². The number of nitrogens with zero attached hydrogens (tertiary/aromatic N) is 2. The minimum atomic E-state index is -0.411. The van der Waals surface area contributed by atoms with Crippen LogP contribution >= 0.6 is 0 Å². The molecule has 2 fully saturated rings. The van der Waals surface area contributed by atoms with Crippen LogP contribution in [0.3, 0.4) is 0 Å². The maximum absolute atomic E-state index is 12.0. The second-order valence-electron chi connectivity index (χ2n) is 6.79. The lowest BCUT2D eigenvalue weighted by molar-refractivity contribution is -0.0555. The largest absolute Gasteiger partial charge is 0.444 e. The van der Waals surface area contributed by atoms with E-state index in [1.54, 1.807) is 0 Å². The molecule has 0 aromatic heterocycles. The molecule has 5 nitrogen and oxygen atoms in total. The van der Waals surface area contributed by atoms with E-state index in [0.717, 1.165) is 32.7 Å². The number of carbonyl (C=O) groups is 1. The second-order valence-corrected chi connectivity index (χ2v) is 6.79. The Hall–Kier alpha value is -0.810. The Bertz CT molecular complexity index is 326. The van der Waals surface area contributed by atoms with E-state index < -0.39 is 5.60 Å². The Morgan fingerprint density at radius 1 is 1.26 bits per heavy atom. The minimum Gasteiger partial charge on any atom is -0.444 e. The zero-order valence-corrected chi connectivity index (χ0v) is 12.7. The fraction of sp³-hybridized carbons (Fsp3) is 0.929. The third-order valence-corrected chi connectivity index (χ3v) is 3.90. The quantitative estimate of drug-likeness (QED) is 0.838. The second kappa shape index (κ2) is 5.29. The van der Waals surface area contributed by atoms with Crippen molar-refractivity contribution < 1.29 is 9.53 Å². The molecular formula is C14H27N3O2. The predicted molar refractivity (Wildman–Crippen MR) is 75.3 cm³/mol. The molecular weight excluding hydrogens is 242 g/mol. The van der Waals surface area contributed by atoms with Crippen molar-refractivity contribution in [2.45, 2.75) is 44.8 Å². The molecule has 5 heteroatoms. The summed E-state index contributed by atoms with van der Waals surface area (Å²) in [5, 5.41) is 3.27. The van der Waals surface area contributed by atoms with Crippen molar-refractivity contribution in [1.82, 2.24) is 15.1 Å². The highest BCUT2D eigenvalue weighted by atomic mass is 16.6. The van der Waals surface area contributed by atoms with Crippen molar-refractivity contribution >= 4 is 6.09 Å². The molecule has 0 saturated carbocycles. The molecule has 0 unspecified atom stereocenters. The van der Waals surface area contributed by atoms with Crippen molar-refractivity contribution in [3.05, 3.63) is 0 Å². The number of nitrogens with one attached hydrogen (secondary N) is 1. The third-order valence-electron chi connectivity index (χ3n) is 3.90. The SMILES string of the molecule is CNCC1(N2CCCC2)CN(C(=O)OC(C)(C)C)C1. The lowest BCUT2D eigenvalue weighted by atomic mass is 9.88. The van der Waals surface area contributed by atoms with Gasteiger partial charge in [-0.1, -0.05) is 0 Å². The molecule has 0 atom stereocenters. The fourth-order valence-corrected chi connectivity index (χ4v) is 3.06. The normalized spacial score (nSPS) is 23.3. The van der Waals surface area contributed by atoms with E-state index in [1.165, 1.54) is 12.8 Å². The smallest absolute Gasteiger partial charge is 0.410 e. The standard InChI is InChI=1S/C14H27N3O2/c1-13(2,3)19-12(18)16-10-14(11-16,9-15-4)17-7-5-6-8-17/h15H,5-11H2,1-4H3. The van der Waals surface area contributed by atoms with Gasteiger partial charge < -0.3 is 15.0 Å².